The van der Waals surface area contributed by atoms with Gasteiger partial charge in [0.05, 0.1) is 25.8 Å². The lowest BCUT2D eigenvalue weighted by Gasteiger charge is -2.25. The second kappa shape index (κ2) is 9.50. The zero-order chi connectivity index (χ0) is 26.3. The van der Waals surface area contributed by atoms with Crippen molar-refractivity contribution in [3.8, 4) is 11.5 Å². The average molecular weight is 497 g/mol. The SMILES string of the molecule is CCc1ccc(N2C(=O)C(=O)/C(=C(/O)c3ccc(OC)c(OC)c3)C2c2cn(C)c3ccccc23)cc1. The highest BCUT2D eigenvalue weighted by atomic mass is 16.5. The molecule has 0 radical (unpaired) electrons. The van der Waals surface area contributed by atoms with Gasteiger partial charge in [-0.2, -0.15) is 0 Å². The largest absolute Gasteiger partial charge is 0.507 e. The first kappa shape index (κ1) is 24.2. The number of Topliss-reactive ketones (excluding diaryl/α,β-unsaturated/α-hetero) is 1. The van der Waals surface area contributed by atoms with E-state index in [4.69, 9.17) is 9.47 Å². The lowest BCUT2D eigenvalue weighted by atomic mass is 9.94. The number of ketones is 1. The van der Waals surface area contributed by atoms with Gasteiger partial charge in [-0.3, -0.25) is 14.5 Å². The number of aryl methyl sites for hydroxylation is 2. The minimum Gasteiger partial charge on any atom is -0.507 e. The summed E-state index contributed by atoms with van der Waals surface area (Å²) in [5, 5.41) is 12.4. The minimum atomic E-state index is -0.827. The molecular formula is C30H28N2O5. The summed E-state index contributed by atoms with van der Waals surface area (Å²) in [5.74, 6) is -0.822. The van der Waals surface area contributed by atoms with Gasteiger partial charge in [0.1, 0.15) is 5.76 Å². The number of rotatable bonds is 6. The van der Waals surface area contributed by atoms with Gasteiger partial charge in [-0.15, -0.1) is 0 Å². The molecule has 1 atom stereocenters. The number of carbonyl (C=O) groups excluding carboxylic acids is 2. The van der Waals surface area contributed by atoms with Crippen LogP contribution in [0.4, 0.5) is 5.69 Å². The molecule has 7 nitrogen and oxygen atoms in total. The summed E-state index contributed by atoms with van der Waals surface area (Å²) >= 11 is 0. The van der Waals surface area contributed by atoms with Crippen molar-refractivity contribution in [2.75, 3.05) is 19.1 Å². The Morgan fingerprint density at radius 2 is 1.65 bits per heavy atom. The van der Waals surface area contributed by atoms with Crippen molar-refractivity contribution in [1.29, 1.82) is 0 Å². The third-order valence-electron chi connectivity index (χ3n) is 6.95. The number of carbonyl (C=O) groups is 2. The molecule has 1 saturated heterocycles. The maximum absolute atomic E-state index is 13.6. The van der Waals surface area contributed by atoms with Crippen molar-refractivity contribution < 1.29 is 24.2 Å². The summed E-state index contributed by atoms with van der Waals surface area (Å²) in [6.45, 7) is 2.06. The van der Waals surface area contributed by atoms with Crippen molar-refractivity contribution in [3.05, 3.63) is 95.2 Å². The van der Waals surface area contributed by atoms with Gasteiger partial charge in [0, 0.05) is 41.0 Å². The van der Waals surface area contributed by atoms with E-state index in [2.05, 4.69) is 6.92 Å². The Balaban J connectivity index is 1.77. The maximum atomic E-state index is 13.6. The number of aliphatic hydroxyl groups excluding tert-OH is 1. The lowest BCUT2D eigenvalue weighted by Crippen LogP contribution is -2.29. The highest BCUT2D eigenvalue weighted by Crippen LogP contribution is 2.45. The van der Waals surface area contributed by atoms with Crippen LogP contribution >= 0.6 is 0 Å². The predicted octanol–water partition coefficient (Wildman–Crippen LogP) is 5.38. The Morgan fingerprint density at radius 3 is 2.32 bits per heavy atom. The van der Waals surface area contributed by atoms with Crippen LogP contribution in [-0.4, -0.2) is 35.6 Å². The van der Waals surface area contributed by atoms with Crippen molar-refractivity contribution in [1.82, 2.24) is 4.57 Å². The third-order valence-corrected chi connectivity index (χ3v) is 6.95. The summed E-state index contributed by atoms with van der Waals surface area (Å²) in [7, 11) is 4.94. The minimum absolute atomic E-state index is 0.0214. The fraction of sp³-hybridized carbons (Fsp3) is 0.200. The van der Waals surface area contributed by atoms with Gasteiger partial charge in [0.25, 0.3) is 11.7 Å². The first-order valence-electron chi connectivity index (χ1n) is 12.1. The monoisotopic (exact) mass is 496 g/mol. The molecule has 2 heterocycles. The summed E-state index contributed by atoms with van der Waals surface area (Å²) in [6.07, 6.45) is 2.77. The lowest BCUT2D eigenvalue weighted by molar-refractivity contribution is -0.132. The van der Waals surface area contributed by atoms with Crippen LogP contribution in [0, 0.1) is 0 Å². The van der Waals surface area contributed by atoms with Crippen LogP contribution in [0.3, 0.4) is 0 Å². The van der Waals surface area contributed by atoms with E-state index in [0.717, 1.165) is 28.5 Å². The topological polar surface area (TPSA) is 81.0 Å². The van der Waals surface area contributed by atoms with Crippen LogP contribution in [0.2, 0.25) is 0 Å². The molecule has 1 aromatic heterocycles. The average Bonchev–Trinajstić information content (AvgIpc) is 3.40. The number of anilines is 1. The van der Waals surface area contributed by atoms with Crippen LogP contribution in [0.1, 0.15) is 29.7 Å². The molecule has 0 saturated carbocycles. The van der Waals surface area contributed by atoms with Gasteiger partial charge in [-0.25, -0.2) is 0 Å². The van der Waals surface area contributed by atoms with Gasteiger partial charge in [-0.05, 0) is 48.4 Å². The van der Waals surface area contributed by atoms with Crippen LogP contribution in [0.5, 0.6) is 11.5 Å². The fourth-order valence-corrected chi connectivity index (χ4v) is 5.02. The van der Waals surface area contributed by atoms with E-state index in [1.54, 1.807) is 18.2 Å². The Hall–Kier alpha value is -4.52. The fourth-order valence-electron chi connectivity index (χ4n) is 5.02. The molecule has 0 aliphatic carbocycles. The number of para-hydroxylation sites is 1. The smallest absolute Gasteiger partial charge is 0.300 e. The van der Waals surface area contributed by atoms with Crippen LogP contribution in [-0.2, 0) is 23.1 Å². The molecule has 3 aromatic carbocycles. The van der Waals surface area contributed by atoms with Gasteiger partial charge in [-0.1, -0.05) is 37.3 Å². The van der Waals surface area contributed by atoms with E-state index < -0.39 is 17.7 Å². The molecule has 1 amide bonds. The third kappa shape index (κ3) is 3.93. The van der Waals surface area contributed by atoms with E-state index in [1.807, 2.05) is 66.3 Å². The zero-order valence-corrected chi connectivity index (χ0v) is 21.2. The van der Waals surface area contributed by atoms with E-state index in [1.165, 1.54) is 19.1 Å². The van der Waals surface area contributed by atoms with Crippen molar-refractivity contribution in [2.24, 2.45) is 7.05 Å². The van der Waals surface area contributed by atoms with Crippen molar-refractivity contribution in [2.45, 2.75) is 19.4 Å². The van der Waals surface area contributed by atoms with E-state index in [9.17, 15) is 14.7 Å². The number of ether oxygens (including phenoxy) is 2. The Bertz CT molecular complexity index is 1550. The first-order valence-corrected chi connectivity index (χ1v) is 12.1. The van der Waals surface area contributed by atoms with Gasteiger partial charge < -0.3 is 19.1 Å². The number of amides is 1. The summed E-state index contributed by atoms with van der Waals surface area (Å²) in [6, 6.07) is 19.4. The molecule has 188 valence electrons. The highest BCUT2D eigenvalue weighted by molar-refractivity contribution is 6.51. The number of hydrogen-bond acceptors (Lipinski definition) is 5. The van der Waals surface area contributed by atoms with E-state index in [0.29, 0.717) is 22.7 Å². The molecule has 5 rings (SSSR count). The zero-order valence-electron chi connectivity index (χ0n) is 21.2. The van der Waals surface area contributed by atoms with Gasteiger partial charge >= 0.3 is 0 Å². The number of benzene rings is 3. The Morgan fingerprint density at radius 1 is 0.946 bits per heavy atom. The van der Waals surface area contributed by atoms with Crippen LogP contribution in [0.15, 0.2) is 78.5 Å². The molecule has 1 N–H and O–H groups in total. The molecule has 7 heteroatoms. The van der Waals surface area contributed by atoms with Gasteiger partial charge in [0.15, 0.2) is 11.5 Å². The number of methoxy groups -OCH3 is 2. The highest BCUT2D eigenvalue weighted by Gasteiger charge is 2.48. The number of aromatic nitrogens is 1. The second-order valence-corrected chi connectivity index (χ2v) is 8.97. The molecule has 1 aliphatic heterocycles. The van der Waals surface area contributed by atoms with E-state index in [-0.39, 0.29) is 11.3 Å². The molecule has 4 aromatic rings. The second-order valence-electron chi connectivity index (χ2n) is 8.97. The van der Waals surface area contributed by atoms with Crippen molar-refractivity contribution in [3.63, 3.8) is 0 Å². The summed E-state index contributed by atoms with van der Waals surface area (Å²) in [4.78, 5) is 28.6. The molecule has 0 bridgehead atoms. The van der Waals surface area contributed by atoms with Crippen LogP contribution in [0.25, 0.3) is 16.7 Å². The molecule has 0 spiro atoms. The Labute approximate surface area is 215 Å². The predicted molar refractivity (Wildman–Crippen MR) is 143 cm³/mol. The molecule has 37 heavy (non-hydrogen) atoms. The maximum Gasteiger partial charge on any atom is 0.300 e. The normalized spacial score (nSPS) is 17.0. The number of nitrogens with zero attached hydrogens (tertiary/aromatic N) is 2. The summed E-state index contributed by atoms with van der Waals surface area (Å²) in [5.41, 5.74) is 3.78. The quantitative estimate of drug-likeness (QED) is 0.220. The number of hydrogen-bond donors (Lipinski definition) is 1. The standard InChI is InChI=1S/C30H28N2O5/c1-5-18-10-13-20(14-11-18)32-27(22-17-31(2)23-9-7-6-8-21(22)23)26(29(34)30(32)35)28(33)19-12-15-24(36-3)25(16-19)37-4/h6-17,27,33H,5H2,1-4H3/b28-26+. The summed E-state index contributed by atoms with van der Waals surface area (Å²) < 4.78 is 12.7. The first-order chi connectivity index (χ1) is 17.9. The molecule has 1 aliphatic rings. The van der Waals surface area contributed by atoms with Crippen LogP contribution < -0.4 is 14.4 Å². The van der Waals surface area contributed by atoms with E-state index >= 15 is 0 Å². The molecule has 1 unspecified atom stereocenters. The van der Waals surface area contributed by atoms with Crippen molar-refractivity contribution >= 4 is 34.0 Å². The van der Waals surface area contributed by atoms with Gasteiger partial charge in [0.2, 0.25) is 0 Å². The Kier molecular flexibility index (Phi) is 6.21. The molecule has 1 fully saturated rings. The number of aliphatic hydroxyl groups is 1. The molecular weight excluding hydrogens is 468 g/mol. The number of fused-ring (bicyclic) bond motifs is 1.